The van der Waals surface area contributed by atoms with Crippen molar-refractivity contribution in [2.75, 3.05) is 32.8 Å². The van der Waals surface area contributed by atoms with Crippen LogP contribution in [-0.2, 0) is 0 Å². The number of hydrogen-bond donors (Lipinski definition) is 2. The molecule has 1 aliphatic heterocycles. The summed E-state index contributed by atoms with van der Waals surface area (Å²) < 4.78 is 0. The molecule has 0 radical (unpaired) electrons. The molecule has 1 aliphatic rings. The maximum absolute atomic E-state index is 9.17. The molecule has 1 unspecified atom stereocenters. The van der Waals surface area contributed by atoms with Crippen LogP contribution >= 0.6 is 0 Å². The second-order valence-electron chi connectivity index (χ2n) is 4.09. The summed E-state index contributed by atoms with van der Waals surface area (Å²) >= 11 is 0. The van der Waals surface area contributed by atoms with Gasteiger partial charge in [-0.1, -0.05) is 0 Å². The Balaban J connectivity index is 2.09. The SMILES string of the molecule is OCCC(c1ccncc1)N1CCNCC1. The molecule has 4 heteroatoms. The lowest BCUT2D eigenvalue weighted by Gasteiger charge is -2.35. The molecule has 1 aromatic heterocycles. The maximum atomic E-state index is 9.17. The third kappa shape index (κ3) is 2.78. The zero-order chi connectivity index (χ0) is 11.2. The van der Waals surface area contributed by atoms with Gasteiger partial charge in [-0.25, -0.2) is 0 Å². The standard InChI is InChI=1S/C12H19N3O/c16-10-3-12(11-1-4-13-5-2-11)15-8-6-14-7-9-15/h1-2,4-5,12,14,16H,3,6-10H2. The van der Waals surface area contributed by atoms with Gasteiger partial charge in [-0.3, -0.25) is 9.88 Å². The van der Waals surface area contributed by atoms with E-state index in [1.807, 2.05) is 24.5 Å². The molecule has 2 heterocycles. The molecule has 1 atom stereocenters. The van der Waals surface area contributed by atoms with Crippen molar-refractivity contribution in [1.29, 1.82) is 0 Å². The number of nitrogens with one attached hydrogen (secondary N) is 1. The van der Waals surface area contributed by atoms with E-state index in [0.29, 0.717) is 6.04 Å². The van der Waals surface area contributed by atoms with Gasteiger partial charge in [-0.2, -0.15) is 0 Å². The van der Waals surface area contributed by atoms with E-state index in [1.54, 1.807) is 0 Å². The quantitative estimate of drug-likeness (QED) is 0.773. The predicted octanol–water partition coefficient (Wildman–Crippen LogP) is 0.410. The summed E-state index contributed by atoms with van der Waals surface area (Å²) in [6.45, 7) is 4.40. The average Bonchev–Trinajstić information content (AvgIpc) is 2.38. The summed E-state index contributed by atoms with van der Waals surface area (Å²) in [6, 6.07) is 4.42. The number of rotatable bonds is 4. The van der Waals surface area contributed by atoms with Crippen molar-refractivity contribution in [3.8, 4) is 0 Å². The predicted molar refractivity (Wildman–Crippen MR) is 63.1 cm³/mol. The van der Waals surface area contributed by atoms with Crippen LogP contribution in [0.15, 0.2) is 24.5 Å². The van der Waals surface area contributed by atoms with E-state index in [-0.39, 0.29) is 6.61 Å². The molecule has 0 amide bonds. The molecule has 0 saturated carbocycles. The number of aliphatic hydroxyl groups is 1. The maximum Gasteiger partial charge on any atom is 0.0449 e. The van der Waals surface area contributed by atoms with Gasteiger partial charge in [-0.15, -0.1) is 0 Å². The fourth-order valence-corrected chi connectivity index (χ4v) is 2.26. The summed E-state index contributed by atoms with van der Waals surface area (Å²) in [5.74, 6) is 0. The third-order valence-electron chi connectivity index (χ3n) is 3.09. The molecular formula is C12H19N3O. The average molecular weight is 221 g/mol. The Morgan fingerprint density at radius 2 is 2.00 bits per heavy atom. The molecule has 4 nitrogen and oxygen atoms in total. The minimum Gasteiger partial charge on any atom is -0.396 e. The molecule has 1 fully saturated rings. The van der Waals surface area contributed by atoms with Crippen LogP contribution in [0.1, 0.15) is 18.0 Å². The minimum atomic E-state index is 0.233. The summed E-state index contributed by atoms with van der Waals surface area (Å²) in [5, 5.41) is 12.5. The van der Waals surface area contributed by atoms with Gasteiger partial charge in [0, 0.05) is 51.2 Å². The Morgan fingerprint density at radius 1 is 1.31 bits per heavy atom. The van der Waals surface area contributed by atoms with Gasteiger partial charge in [0.25, 0.3) is 0 Å². The van der Waals surface area contributed by atoms with Gasteiger partial charge < -0.3 is 10.4 Å². The van der Waals surface area contributed by atoms with Gasteiger partial charge in [0.2, 0.25) is 0 Å². The number of piperazine rings is 1. The second kappa shape index (κ2) is 5.94. The number of nitrogens with zero attached hydrogens (tertiary/aromatic N) is 2. The van der Waals surface area contributed by atoms with Crippen LogP contribution in [0.3, 0.4) is 0 Å². The van der Waals surface area contributed by atoms with Gasteiger partial charge >= 0.3 is 0 Å². The largest absolute Gasteiger partial charge is 0.396 e. The number of hydrogen-bond acceptors (Lipinski definition) is 4. The highest BCUT2D eigenvalue weighted by Crippen LogP contribution is 2.23. The Morgan fingerprint density at radius 3 is 2.62 bits per heavy atom. The van der Waals surface area contributed by atoms with Crippen LogP contribution in [0.2, 0.25) is 0 Å². The molecule has 2 N–H and O–H groups in total. The Hall–Kier alpha value is -0.970. The van der Waals surface area contributed by atoms with Gasteiger partial charge in [0.15, 0.2) is 0 Å². The highest BCUT2D eigenvalue weighted by molar-refractivity contribution is 5.15. The van der Waals surface area contributed by atoms with E-state index in [4.69, 9.17) is 0 Å². The smallest absolute Gasteiger partial charge is 0.0449 e. The third-order valence-corrected chi connectivity index (χ3v) is 3.09. The Kier molecular flexibility index (Phi) is 4.27. The summed E-state index contributed by atoms with van der Waals surface area (Å²) in [7, 11) is 0. The lowest BCUT2D eigenvalue weighted by atomic mass is 10.0. The summed E-state index contributed by atoms with van der Waals surface area (Å²) in [6.07, 6.45) is 4.44. The summed E-state index contributed by atoms with van der Waals surface area (Å²) in [5.41, 5.74) is 1.26. The van der Waals surface area contributed by atoms with Crippen LogP contribution in [0.4, 0.5) is 0 Å². The van der Waals surface area contributed by atoms with Crippen LogP contribution in [0.25, 0.3) is 0 Å². The van der Waals surface area contributed by atoms with Crippen molar-refractivity contribution in [3.05, 3.63) is 30.1 Å². The van der Waals surface area contributed by atoms with Crippen LogP contribution in [0.5, 0.6) is 0 Å². The second-order valence-corrected chi connectivity index (χ2v) is 4.09. The van der Waals surface area contributed by atoms with E-state index in [9.17, 15) is 5.11 Å². The first-order valence-corrected chi connectivity index (χ1v) is 5.87. The molecule has 2 rings (SSSR count). The van der Waals surface area contributed by atoms with E-state index in [0.717, 1.165) is 32.6 Å². The fraction of sp³-hybridized carbons (Fsp3) is 0.583. The van der Waals surface area contributed by atoms with E-state index < -0.39 is 0 Å². The normalized spacial score (nSPS) is 19.6. The first-order valence-electron chi connectivity index (χ1n) is 5.87. The van der Waals surface area contributed by atoms with Crippen molar-refractivity contribution in [2.24, 2.45) is 0 Å². The first-order chi connectivity index (χ1) is 7.92. The highest BCUT2D eigenvalue weighted by atomic mass is 16.3. The minimum absolute atomic E-state index is 0.233. The molecule has 1 saturated heterocycles. The van der Waals surface area contributed by atoms with Crippen molar-refractivity contribution in [3.63, 3.8) is 0 Å². The molecule has 16 heavy (non-hydrogen) atoms. The topological polar surface area (TPSA) is 48.4 Å². The molecule has 88 valence electrons. The summed E-state index contributed by atoms with van der Waals surface area (Å²) in [4.78, 5) is 6.47. The Labute approximate surface area is 96.3 Å². The molecule has 1 aromatic rings. The van der Waals surface area contributed by atoms with Gasteiger partial charge in [0.05, 0.1) is 0 Å². The lowest BCUT2D eigenvalue weighted by Crippen LogP contribution is -2.45. The first kappa shape index (κ1) is 11.5. The van der Waals surface area contributed by atoms with Crippen LogP contribution in [-0.4, -0.2) is 47.8 Å². The van der Waals surface area contributed by atoms with E-state index >= 15 is 0 Å². The molecule has 0 spiro atoms. The number of aromatic nitrogens is 1. The molecule has 0 aliphatic carbocycles. The van der Waals surface area contributed by atoms with E-state index in [2.05, 4.69) is 15.2 Å². The van der Waals surface area contributed by atoms with Crippen LogP contribution < -0.4 is 5.32 Å². The van der Waals surface area contributed by atoms with Crippen molar-refractivity contribution in [1.82, 2.24) is 15.2 Å². The van der Waals surface area contributed by atoms with Gasteiger partial charge in [0.1, 0.15) is 0 Å². The number of aliphatic hydroxyl groups excluding tert-OH is 1. The van der Waals surface area contributed by atoms with Crippen molar-refractivity contribution < 1.29 is 5.11 Å². The number of pyridine rings is 1. The van der Waals surface area contributed by atoms with Crippen molar-refractivity contribution >= 4 is 0 Å². The highest BCUT2D eigenvalue weighted by Gasteiger charge is 2.21. The zero-order valence-electron chi connectivity index (χ0n) is 9.47. The lowest BCUT2D eigenvalue weighted by molar-refractivity contribution is 0.141. The molecule has 0 bridgehead atoms. The van der Waals surface area contributed by atoms with Crippen molar-refractivity contribution in [2.45, 2.75) is 12.5 Å². The molecule has 0 aromatic carbocycles. The Bertz CT molecular complexity index is 298. The van der Waals surface area contributed by atoms with Crippen LogP contribution in [0, 0.1) is 0 Å². The molecular weight excluding hydrogens is 202 g/mol. The monoisotopic (exact) mass is 221 g/mol. The fourth-order valence-electron chi connectivity index (χ4n) is 2.26. The van der Waals surface area contributed by atoms with Gasteiger partial charge in [-0.05, 0) is 24.1 Å². The zero-order valence-corrected chi connectivity index (χ0v) is 9.47. The van der Waals surface area contributed by atoms with E-state index in [1.165, 1.54) is 5.56 Å².